The van der Waals surface area contributed by atoms with Crippen LogP contribution < -0.4 is 0 Å². The van der Waals surface area contributed by atoms with Crippen LogP contribution in [0.15, 0.2) is 0 Å². The Morgan fingerprint density at radius 1 is 1.25 bits per heavy atom. The molecule has 0 aromatic rings. The average molecular weight is 114 g/mol. The lowest BCUT2D eigenvalue weighted by atomic mass is 10.5. The quantitative estimate of drug-likeness (QED) is 0.373. The highest BCUT2D eigenvalue weighted by atomic mass is 16.2. The van der Waals surface area contributed by atoms with Gasteiger partial charge in [0.2, 0.25) is 0 Å². The number of rotatable bonds is 1. The van der Waals surface area contributed by atoms with Crippen molar-refractivity contribution in [2.24, 2.45) is 5.92 Å². The van der Waals surface area contributed by atoms with Crippen molar-refractivity contribution < 1.29 is 9.59 Å². The zero-order valence-electron chi connectivity index (χ0n) is 4.96. The first kappa shape index (κ1) is 7.34. The molecule has 2 heteroatoms. The Labute approximate surface area is 48.9 Å². The summed E-state index contributed by atoms with van der Waals surface area (Å²) in [7, 11) is 0. The molecule has 0 atom stereocenters. The summed E-state index contributed by atoms with van der Waals surface area (Å²) in [4.78, 5) is 17.6. The van der Waals surface area contributed by atoms with E-state index in [1.54, 1.807) is 0 Å². The second-order valence-corrected chi connectivity index (χ2v) is 1.95. The fourth-order valence-corrected chi connectivity index (χ4v) is 0.167. The summed E-state index contributed by atoms with van der Waals surface area (Å²) in [5.41, 5.74) is 0. The highest BCUT2D eigenvalue weighted by Gasteiger charge is 2.12. The van der Waals surface area contributed by atoms with Crippen molar-refractivity contribution in [3.8, 4) is 0 Å². The molecule has 0 aromatic carbocycles. The SMILES string of the molecule is CC1CC1.O=CC=O. The number of hydrogen-bond donors (Lipinski definition) is 0. The van der Waals surface area contributed by atoms with E-state index in [0.717, 1.165) is 5.92 Å². The third-order valence-corrected chi connectivity index (χ3v) is 0.922. The monoisotopic (exact) mass is 114 g/mol. The van der Waals surface area contributed by atoms with Crippen molar-refractivity contribution in [2.45, 2.75) is 19.8 Å². The Bertz CT molecular complexity index is 68.6. The molecule has 0 aliphatic heterocycles. The van der Waals surface area contributed by atoms with Crippen molar-refractivity contribution in [1.82, 2.24) is 0 Å². The van der Waals surface area contributed by atoms with Gasteiger partial charge in [0.15, 0.2) is 12.6 Å². The van der Waals surface area contributed by atoms with Crippen LogP contribution in [0.25, 0.3) is 0 Å². The highest BCUT2D eigenvalue weighted by molar-refractivity contribution is 6.09. The fraction of sp³-hybridized carbons (Fsp3) is 0.667. The number of carbonyl (C=O) groups is 2. The third kappa shape index (κ3) is 9.02. The Morgan fingerprint density at radius 3 is 1.50 bits per heavy atom. The van der Waals surface area contributed by atoms with E-state index in [0.29, 0.717) is 0 Å². The summed E-state index contributed by atoms with van der Waals surface area (Å²) in [5.74, 6) is 1.08. The maximum absolute atomic E-state index is 8.81. The van der Waals surface area contributed by atoms with E-state index in [9.17, 15) is 0 Å². The van der Waals surface area contributed by atoms with Gasteiger partial charge in [-0.1, -0.05) is 19.8 Å². The molecule has 2 nitrogen and oxygen atoms in total. The Kier molecular flexibility index (Phi) is 4.13. The van der Waals surface area contributed by atoms with Crippen LogP contribution in [0.3, 0.4) is 0 Å². The number of aldehydes is 2. The summed E-state index contributed by atoms with van der Waals surface area (Å²) in [5, 5.41) is 0. The Hall–Kier alpha value is -0.660. The Morgan fingerprint density at radius 2 is 1.50 bits per heavy atom. The van der Waals surface area contributed by atoms with Gasteiger partial charge in [0, 0.05) is 0 Å². The Balaban J connectivity index is 0.000000122. The summed E-state index contributed by atoms with van der Waals surface area (Å²) < 4.78 is 0. The second kappa shape index (κ2) is 4.50. The van der Waals surface area contributed by atoms with E-state index >= 15 is 0 Å². The molecule has 1 rings (SSSR count). The van der Waals surface area contributed by atoms with Gasteiger partial charge in [-0.05, 0) is 5.92 Å². The van der Waals surface area contributed by atoms with Gasteiger partial charge >= 0.3 is 0 Å². The zero-order valence-corrected chi connectivity index (χ0v) is 4.96. The van der Waals surface area contributed by atoms with E-state index in [4.69, 9.17) is 9.59 Å². The van der Waals surface area contributed by atoms with Crippen LogP contribution in [-0.4, -0.2) is 12.6 Å². The van der Waals surface area contributed by atoms with Crippen LogP contribution >= 0.6 is 0 Å². The molecular formula is C6H10O2. The number of hydrogen-bond acceptors (Lipinski definition) is 2. The summed E-state index contributed by atoms with van der Waals surface area (Å²) in [6.45, 7) is 2.28. The van der Waals surface area contributed by atoms with Crippen LogP contribution in [-0.2, 0) is 9.59 Å². The van der Waals surface area contributed by atoms with Gasteiger partial charge in [-0.15, -0.1) is 0 Å². The van der Waals surface area contributed by atoms with Gasteiger partial charge in [-0.2, -0.15) is 0 Å². The lowest BCUT2D eigenvalue weighted by Gasteiger charge is -1.53. The fourth-order valence-electron chi connectivity index (χ4n) is 0.167. The summed E-state index contributed by atoms with van der Waals surface area (Å²) >= 11 is 0. The third-order valence-electron chi connectivity index (χ3n) is 0.922. The molecule has 0 unspecified atom stereocenters. The minimum Gasteiger partial charge on any atom is -0.295 e. The molecule has 0 saturated heterocycles. The molecule has 0 bridgehead atoms. The van der Waals surface area contributed by atoms with Crippen LogP contribution in [0.1, 0.15) is 19.8 Å². The van der Waals surface area contributed by atoms with Crippen LogP contribution in [0.5, 0.6) is 0 Å². The van der Waals surface area contributed by atoms with E-state index < -0.39 is 0 Å². The topological polar surface area (TPSA) is 34.1 Å². The van der Waals surface area contributed by atoms with Gasteiger partial charge in [-0.3, -0.25) is 9.59 Å². The van der Waals surface area contributed by atoms with E-state index in [2.05, 4.69) is 6.92 Å². The van der Waals surface area contributed by atoms with Crippen LogP contribution in [0, 0.1) is 5.92 Å². The lowest BCUT2D eigenvalue weighted by molar-refractivity contribution is -0.122. The molecule has 1 aliphatic rings. The summed E-state index contributed by atoms with van der Waals surface area (Å²) in [6.07, 6.45) is 3.36. The largest absolute Gasteiger partial charge is 0.295 e. The maximum Gasteiger partial charge on any atom is 0.182 e. The van der Waals surface area contributed by atoms with E-state index in [-0.39, 0.29) is 12.6 Å². The average Bonchev–Trinajstić information content (AvgIpc) is 2.52. The van der Waals surface area contributed by atoms with Crippen molar-refractivity contribution >= 4 is 12.6 Å². The predicted molar refractivity (Wildman–Crippen MR) is 30.5 cm³/mol. The minimum absolute atomic E-state index is 0.194. The first-order chi connectivity index (χ1) is 3.81. The molecule has 8 heavy (non-hydrogen) atoms. The molecule has 0 heterocycles. The first-order valence-electron chi connectivity index (χ1n) is 2.70. The predicted octanol–water partition coefficient (Wildman–Crippen LogP) is 0.800. The van der Waals surface area contributed by atoms with Crippen molar-refractivity contribution in [3.63, 3.8) is 0 Å². The second-order valence-electron chi connectivity index (χ2n) is 1.95. The molecule has 1 fully saturated rings. The minimum atomic E-state index is 0.194. The maximum atomic E-state index is 8.81. The van der Waals surface area contributed by atoms with Crippen molar-refractivity contribution in [2.75, 3.05) is 0 Å². The van der Waals surface area contributed by atoms with Crippen LogP contribution in [0.4, 0.5) is 0 Å². The van der Waals surface area contributed by atoms with Gasteiger partial charge in [0.1, 0.15) is 0 Å². The molecule has 46 valence electrons. The summed E-state index contributed by atoms with van der Waals surface area (Å²) in [6, 6.07) is 0. The van der Waals surface area contributed by atoms with Crippen molar-refractivity contribution in [3.05, 3.63) is 0 Å². The molecular weight excluding hydrogens is 104 g/mol. The highest BCUT2D eigenvalue weighted by Crippen LogP contribution is 2.26. The first-order valence-corrected chi connectivity index (χ1v) is 2.70. The van der Waals surface area contributed by atoms with Gasteiger partial charge in [0.25, 0.3) is 0 Å². The van der Waals surface area contributed by atoms with Gasteiger partial charge in [-0.25, -0.2) is 0 Å². The molecule has 0 aromatic heterocycles. The molecule has 0 amide bonds. The van der Waals surface area contributed by atoms with Crippen molar-refractivity contribution in [1.29, 1.82) is 0 Å². The molecule has 0 radical (unpaired) electrons. The standard InChI is InChI=1S/C4H8.C2H2O2/c1-4-2-3-4;3-1-2-4/h4H,2-3H2,1H3;1-2H. The van der Waals surface area contributed by atoms with Gasteiger partial charge < -0.3 is 0 Å². The van der Waals surface area contributed by atoms with Gasteiger partial charge in [0.05, 0.1) is 0 Å². The van der Waals surface area contributed by atoms with Crippen LogP contribution in [0.2, 0.25) is 0 Å². The van der Waals surface area contributed by atoms with E-state index in [1.165, 1.54) is 12.8 Å². The molecule has 0 spiro atoms. The van der Waals surface area contributed by atoms with E-state index in [1.807, 2.05) is 0 Å². The smallest absolute Gasteiger partial charge is 0.182 e. The molecule has 0 N–H and O–H groups in total. The molecule has 1 aliphatic carbocycles. The molecule has 1 saturated carbocycles. The lowest BCUT2D eigenvalue weighted by Crippen LogP contribution is -1.62. The normalized spacial score (nSPS) is 15.6. The number of carbonyl (C=O) groups excluding carboxylic acids is 2. The zero-order chi connectivity index (χ0) is 6.41.